The lowest BCUT2D eigenvalue weighted by Gasteiger charge is -2.06. The molecule has 0 aliphatic carbocycles. The number of nitrogens with one attached hydrogen (secondary N) is 1. The maximum absolute atomic E-state index is 12.3. The maximum Gasteiger partial charge on any atom is 0.279 e. The normalized spacial score (nSPS) is 11.9. The van der Waals surface area contributed by atoms with Gasteiger partial charge >= 0.3 is 0 Å². The summed E-state index contributed by atoms with van der Waals surface area (Å²) < 4.78 is 4.16. The van der Waals surface area contributed by atoms with E-state index in [1.165, 1.54) is 6.92 Å². The first-order valence-electron chi connectivity index (χ1n) is 7.67. The van der Waals surface area contributed by atoms with E-state index < -0.39 is 39.4 Å². The van der Waals surface area contributed by atoms with Gasteiger partial charge in [-0.1, -0.05) is 23.2 Å². The van der Waals surface area contributed by atoms with Crippen LogP contribution in [0.25, 0.3) is 0 Å². The number of carbonyl (C=O) groups is 1. The SMILES string of the molecule is CC(O)=C(N=Nc1cc([N+](=O)[O-])cc(SOOO)c1O)C(=O)Nc1ccccc1. The minimum absolute atomic E-state index is 0.220. The van der Waals surface area contributed by atoms with Crippen molar-refractivity contribution in [2.75, 3.05) is 5.32 Å². The first kappa shape index (κ1) is 21.8. The van der Waals surface area contributed by atoms with Crippen molar-refractivity contribution in [3.05, 3.63) is 64.0 Å². The minimum atomic E-state index is -0.795. The molecule has 0 heterocycles. The van der Waals surface area contributed by atoms with Crippen LogP contribution in [0.1, 0.15) is 6.92 Å². The smallest absolute Gasteiger partial charge is 0.279 e. The van der Waals surface area contributed by atoms with Crippen LogP contribution < -0.4 is 5.32 Å². The zero-order chi connectivity index (χ0) is 21.4. The lowest BCUT2D eigenvalue weighted by atomic mass is 10.2. The van der Waals surface area contributed by atoms with E-state index >= 15 is 0 Å². The molecule has 12 nitrogen and oxygen atoms in total. The number of nitro benzene ring substituents is 1. The molecular formula is C16H14N4O8S. The second-order valence-electron chi connectivity index (χ2n) is 5.25. The van der Waals surface area contributed by atoms with Crippen LogP contribution >= 0.6 is 12.0 Å². The second-order valence-corrected chi connectivity index (χ2v) is 5.99. The Morgan fingerprint density at radius 3 is 2.55 bits per heavy atom. The van der Waals surface area contributed by atoms with Crippen molar-refractivity contribution in [2.45, 2.75) is 11.8 Å². The van der Waals surface area contributed by atoms with E-state index in [0.29, 0.717) is 5.69 Å². The Morgan fingerprint density at radius 2 is 1.97 bits per heavy atom. The number of nitrogens with zero attached hydrogens (tertiary/aromatic N) is 3. The summed E-state index contributed by atoms with van der Waals surface area (Å²) in [5.74, 6) is -1.87. The molecule has 29 heavy (non-hydrogen) atoms. The van der Waals surface area contributed by atoms with Crippen molar-refractivity contribution >= 4 is 35.0 Å². The van der Waals surface area contributed by atoms with Gasteiger partial charge in [0.2, 0.25) is 0 Å². The Bertz CT molecular complexity index is 961. The monoisotopic (exact) mass is 422 g/mol. The number of hydrogen-bond donors (Lipinski definition) is 4. The lowest BCUT2D eigenvalue weighted by Crippen LogP contribution is -2.14. The topological polar surface area (TPSA) is 176 Å². The third-order valence-corrected chi connectivity index (χ3v) is 3.87. The van der Waals surface area contributed by atoms with E-state index in [1.807, 2.05) is 0 Å². The number of amides is 1. The van der Waals surface area contributed by atoms with Crippen LogP contribution in [0.5, 0.6) is 5.75 Å². The minimum Gasteiger partial charge on any atom is -0.510 e. The number of aromatic hydroxyl groups is 1. The number of nitro groups is 1. The Hall–Kier alpha value is -3.52. The van der Waals surface area contributed by atoms with Gasteiger partial charge in [-0.2, -0.15) is 0 Å². The third-order valence-electron chi connectivity index (χ3n) is 3.25. The molecule has 152 valence electrons. The molecule has 0 fully saturated rings. The molecule has 0 unspecified atom stereocenters. The zero-order valence-electron chi connectivity index (χ0n) is 14.7. The van der Waals surface area contributed by atoms with Crippen LogP contribution in [0.3, 0.4) is 0 Å². The Kier molecular flexibility index (Phi) is 7.62. The lowest BCUT2D eigenvalue weighted by molar-refractivity contribution is -0.432. The molecule has 0 saturated heterocycles. The molecule has 2 aromatic carbocycles. The largest absolute Gasteiger partial charge is 0.510 e. The highest BCUT2D eigenvalue weighted by atomic mass is 32.2. The summed E-state index contributed by atoms with van der Waals surface area (Å²) in [7, 11) is 0. The van der Waals surface area contributed by atoms with E-state index in [2.05, 4.69) is 24.9 Å². The van der Waals surface area contributed by atoms with E-state index in [9.17, 15) is 25.1 Å². The number of benzene rings is 2. The number of hydrogen-bond acceptors (Lipinski definition) is 11. The molecule has 0 aliphatic rings. The highest BCUT2D eigenvalue weighted by Gasteiger charge is 2.19. The van der Waals surface area contributed by atoms with Gasteiger partial charge in [-0.05, 0) is 19.1 Å². The molecule has 0 atom stereocenters. The second kappa shape index (κ2) is 10.1. The van der Waals surface area contributed by atoms with Crippen LogP contribution in [0, 0.1) is 10.1 Å². The summed E-state index contributed by atoms with van der Waals surface area (Å²) in [5.41, 5.74) is -0.927. The van der Waals surface area contributed by atoms with Crippen molar-refractivity contribution in [3.63, 3.8) is 0 Å². The number of azo groups is 1. The van der Waals surface area contributed by atoms with Crippen LogP contribution in [-0.4, -0.2) is 26.3 Å². The van der Waals surface area contributed by atoms with Gasteiger partial charge in [-0.3, -0.25) is 14.9 Å². The van der Waals surface area contributed by atoms with Gasteiger partial charge < -0.3 is 15.5 Å². The number of allylic oxidation sites excluding steroid dienone is 1. The van der Waals surface area contributed by atoms with Gasteiger partial charge in [0.1, 0.15) is 11.4 Å². The van der Waals surface area contributed by atoms with Gasteiger partial charge in [-0.25, -0.2) is 5.26 Å². The van der Waals surface area contributed by atoms with Crippen molar-refractivity contribution in [1.82, 2.24) is 0 Å². The fourth-order valence-corrected chi connectivity index (χ4v) is 2.43. The van der Waals surface area contributed by atoms with Gasteiger partial charge in [0, 0.05) is 17.8 Å². The standard InChI is InChI=1S/C16H14N4O8S/c1-9(21)14(16(23)17-10-5-3-2-4-6-10)19-18-12-7-11(20(24)25)8-13(15(12)22)29-28-27-26/h2-8,21-22,26H,1H3,(H,17,23). The van der Waals surface area contributed by atoms with Crippen molar-refractivity contribution in [1.29, 1.82) is 0 Å². The fraction of sp³-hybridized carbons (Fsp3) is 0.0625. The number of phenols is 1. The van der Waals surface area contributed by atoms with Gasteiger partial charge in [0.25, 0.3) is 11.6 Å². The molecule has 2 rings (SSSR count). The highest BCUT2D eigenvalue weighted by Crippen LogP contribution is 2.41. The number of anilines is 1. The quantitative estimate of drug-likeness (QED) is 0.0921. The number of carbonyl (C=O) groups excluding carboxylic acids is 1. The molecule has 0 aliphatic heterocycles. The number of aliphatic hydroxyl groups excluding tert-OH is 1. The van der Waals surface area contributed by atoms with Gasteiger partial charge in [0.05, 0.1) is 21.9 Å². The van der Waals surface area contributed by atoms with E-state index in [0.717, 1.165) is 12.1 Å². The van der Waals surface area contributed by atoms with Crippen LogP contribution in [-0.2, 0) is 14.2 Å². The summed E-state index contributed by atoms with van der Waals surface area (Å²) in [6, 6.07) is 10.2. The Balaban J connectivity index is 2.35. The summed E-state index contributed by atoms with van der Waals surface area (Å²) in [6.07, 6.45) is 0. The number of non-ortho nitro benzene ring substituents is 1. The molecular weight excluding hydrogens is 408 g/mol. The predicted molar refractivity (Wildman–Crippen MR) is 100 cm³/mol. The van der Waals surface area contributed by atoms with Crippen molar-refractivity contribution < 1.29 is 34.6 Å². The van der Waals surface area contributed by atoms with Gasteiger partial charge in [-0.15, -0.1) is 14.6 Å². The third kappa shape index (κ3) is 5.98. The van der Waals surface area contributed by atoms with Crippen LogP contribution in [0.4, 0.5) is 17.1 Å². The molecule has 4 N–H and O–H groups in total. The van der Waals surface area contributed by atoms with Crippen molar-refractivity contribution in [3.8, 4) is 5.75 Å². The maximum atomic E-state index is 12.3. The molecule has 0 spiro atoms. The van der Waals surface area contributed by atoms with E-state index in [4.69, 9.17) is 5.26 Å². The van der Waals surface area contributed by atoms with E-state index in [1.54, 1.807) is 30.3 Å². The number of aliphatic hydroxyl groups is 1. The summed E-state index contributed by atoms with van der Waals surface area (Å²) in [5, 5.41) is 52.3. The molecule has 0 saturated carbocycles. The van der Waals surface area contributed by atoms with Crippen LogP contribution in [0.2, 0.25) is 0 Å². The Morgan fingerprint density at radius 1 is 1.28 bits per heavy atom. The Labute approximate surface area is 167 Å². The first-order chi connectivity index (χ1) is 13.8. The summed E-state index contributed by atoms with van der Waals surface area (Å²) in [6.45, 7) is 1.19. The molecule has 1 amide bonds. The number of phenolic OH excluding ortho intramolecular Hbond substituents is 1. The number of rotatable bonds is 8. The summed E-state index contributed by atoms with van der Waals surface area (Å²) in [4.78, 5) is 22.4. The molecule has 0 aromatic heterocycles. The molecule has 2 aromatic rings. The molecule has 13 heteroatoms. The number of para-hydroxylation sites is 1. The highest BCUT2D eigenvalue weighted by molar-refractivity contribution is 7.94. The van der Waals surface area contributed by atoms with Crippen molar-refractivity contribution in [2.24, 2.45) is 10.2 Å². The average molecular weight is 422 g/mol. The molecule has 0 bridgehead atoms. The summed E-state index contributed by atoms with van der Waals surface area (Å²) >= 11 is 0.272. The zero-order valence-corrected chi connectivity index (χ0v) is 15.5. The van der Waals surface area contributed by atoms with E-state index in [-0.39, 0.29) is 16.9 Å². The van der Waals surface area contributed by atoms with Crippen LogP contribution in [0.15, 0.2) is 69.0 Å². The predicted octanol–water partition coefficient (Wildman–Crippen LogP) is 4.24. The first-order valence-corrected chi connectivity index (χ1v) is 8.41. The average Bonchev–Trinajstić information content (AvgIpc) is 2.68. The van der Waals surface area contributed by atoms with Gasteiger partial charge in [0.15, 0.2) is 11.4 Å². The fourth-order valence-electron chi connectivity index (χ4n) is 1.97. The molecule has 0 radical (unpaired) electrons.